The molecule has 0 aromatic heterocycles. The highest BCUT2D eigenvalue weighted by Gasteiger charge is 2.42. The molecule has 0 bridgehead atoms. The fraction of sp³-hybridized carbons (Fsp3) is 1.00. The van der Waals surface area contributed by atoms with Crippen LogP contribution >= 0.6 is 0 Å². The Labute approximate surface area is 64.2 Å². The average Bonchev–Trinajstić information content (AvgIpc) is 2.30. The highest BCUT2D eigenvalue weighted by atomic mass is 16.7. The molecule has 5 nitrogen and oxygen atoms in total. The zero-order valence-electron chi connectivity index (χ0n) is 6.17. The third-order valence-corrected chi connectivity index (χ3v) is 1.73. The van der Waals surface area contributed by atoms with E-state index in [1.165, 1.54) is 7.11 Å². The van der Waals surface area contributed by atoms with Crippen LogP contribution in [0.3, 0.4) is 0 Å². The van der Waals surface area contributed by atoms with Gasteiger partial charge in [0.15, 0.2) is 6.29 Å². The van der Waals surface area contributed by atoms with Crippen molar-refractivity contribution in [3.05, 3.63) is 0 Å². The van der Waals surface area contributed by atoms with E-state index in [9.17, 15) is 0 Å². The maximum atomic E-state index is 9.15. The fourth-order valence-corrected chi connectivity index (χ4v) is 1.06. The molecule has 66 valence electrons. The third kappa shape index (κ3) is 1.52. The van der Waals surface area contributed by atoms with E-state index < -0.39 is 24.6 Å². The molecule has 0 aromatic carbocycles. The molecular formula is C6H12O5. The second-order valence-electron chi connectivity index (χ2n) is 2.44. The SMILES string of the molecule is CO[C@H]1O[C@@H](CO)[C@H](O)[C@@H]1O. The van der Waals surface area contributed by atoms with Gasteiger partial charge in [-0.25, -0.2) is 0 Å². The van der Waals surface area contributed by atoms with Crippen LogP contribution in [0.25, 0.3) is 0 Å². The van der Waals surface area contributed by atoms with E-state index in [-0.39, 0.29) is 6.61 Å². The Bertz CT molecular complexity index is 110. The largest absolute Gasteiger partial charge is 0.394 e. The van der Waals surface area contributed by atoms with Gasteiger partial charge >= 0.3 is 0 Å². The van der Waals surface area contributed by atoms with Gasteiger partial charge in [-0.05, 0) is 0 Å². The smallest absolute Gasteiger partial charge is 0.186 e. The van der Waals surface area contributed by atoms with Crippen molar-refractivity contribution in [2.24, 2.45) is 0 Å². The number of hydrogen-bond acceptors (Lipinski definition) is 5. The zero-order chi connectivity index (χ0) is 8.43. The van der Waals surface area contributed by atoms with Crippen molar-refractivity contribution in [3.8, 4) is 0 Å². The van der Waals surface area contributed by atoms with Gasteiger partial charge in [-0.15, -0.1) is 0 Å². The molecule has 0 amide bonds. The van der Waals surface area contributed by atoms with Gasteiger partial charge in [-0.2, -0.15) is 0 Å². The number of hydrogen-bond donors (Lipinski definition) is 3. The maximum absolute atomic E-state index is 9.15. The van der Waals surface area contributed by atoms with Crippen LogP contribution in [0.5, 0.6) is 0 Å². The van der Waals surface area contributed by atoms with Crippen LogP contribution in [-0.4, -0.2) is 53.6 Å². The predicted molar refractivity (Wildman–Crippen MR) is 34.8 cm³/mol. The summed E-state index contributed by atoms with van der Waals surface area (Å²) in [4.78, 5) is 0. The molecule has 4 atom stereocenters. The molecule has 1 aliphatic rings. The number of methoxy groups -OCH3 is 1. The molecule has 3 N–H and O–H groups in total. The second kappa shape index (κ2) is 3.46. The summed E-state index contributed by atoms with van der Waals surface area (Å²) in [6.45, 7) is -0.321. The molecule has 0 unspecified atom stereocenters. The Morgan fingerprint density at radius 1 is 1.36 bits per heavy atom. The van der Waals surface area contributed by atoms with E-state index in [2.05, 4.69) is 4.74 Å². The number of ether oxygens (including phenoxy) is 2. The van der Waals surface area contributed by atoms with Gasteiger partial charge in [-0.1, -0.05) is 0 Å². The van der Waals surface area contributed by atoms with Crippen LogP contribution in [0, 0.1) is 0 Å². The standard InChI is InChI=1S/C6H12O5/c1-10-6-5(9)4(8)3(2-7)11-6/h3-9H,2H2,1H3/t3-,4-,5-,6-/m0/s1. The van der Waals surface area contributed by atoms with Crippen LogP contribution in [0.15, 0.2) is 0 Å². The van der Waals surface area contributed by atoms with Crippen molar-refractivity contribution in [1.82, 2.24) is 0 Å². The Morgan fingerprint density at radius 3 is 2.27 bits per heavy atom. The lowest BCUT2D eigenvalue weighted by Gasteiger charge is -2.11. The third-order valence-electron chi connectivity index (χ3n) is 1.73. The van der Waals surface area contributed by atoms with Crippen LogP contribution in [0.4, 0.5) is 0 Å². The molecule has 1 aliphatic heterocycles. The molecule has 1 fully saturated rings. The van der Waals surface area contributed by atoms with E-state index in [1.54, 1.807) is 0 Å². The first-order chi connectivity index (χ1) is 5.20. The van der Waals surface area contributed by atoms with Crippen molar-refractivity contribution in [3.63, 3.8) is 0 Å². The molecule has 1 heterocycles. The van der Waals surface area contributed by atoms with Crippen molar-refractivity contribution in [2.75, 3.05) is 13.7 Å². The minimum atomic E-state index is -1.07. The summed E-state index contributed by atoms with van der Waals surface area (Å²) in [6.07, 6.45) is -3.71. The summed E-state index contributed by atoms with van der Waals surface area (Å²) in [6, 6.07) is 0. The molecule has 0 saturated carbocycles. The molecule has 0 spiro atoms. The second-order valence-corrected chi connectivity index (χ2v) is 2.44. The minimum Gasteiger partial charge on any atom is -0.394 e. The molecule has 0 aromatic rings. The first-order valence-corrected chi connectivity index (χ1v) is 3.36. The highest BCUT2D eigenvalue weighted by Crippen LogP contribution is 2.20. The van der Waals surface area contributed by atoms with Crippen molar-refractivity contribution >= 4 is 0 Å². The molecule has 11 heavy (non-hydrogen) atoms. The van der Waals surface area contributed by atoms with E-state index in [1.807, 2.05) is 0 Å². The summed E-state index contributed by atoms with van der Waals surface area (Å²) in [7, 11) is 1.36. The van der Waals surface area contributed by atoms with Gasteiger partial charge in [-0.3, -0.25) is 0 Å². The Kier molecular flexibility index (Phi) is 2.80. The normalized spacial score (nSPS) is 44.7. The van der Waals surface area contributed by atoms with Crippen molar-refractivity contribution in [2.45, 2.75) is 24.6 Å². The summed E-state index contributed by atoms with van der Waals surface area (Å²) in [5, 5.41) is 26.9. The Morgan fingerprint density at radius 2 is 2.00 bits per heavy atom. The van der Waals surface area contributed by atoms with Crippen LogP contribution in [0.1, 0.15) is 0 Å². The molecule has 0 aliphatic carbocycles. The summed E-state index contributed by atoms with van der Waals surface area (Å²) >= 11 is 0. The molecule has 0 radical (unpaired) electrons. The fourth-order valence-electron chi connectivity index (χ4n) is 1.06. The van der Waals surface area contributed by atoms with Gasteiger partial charge in [0.2, 0.25) is 0 Å². The van der Waals surface area contributed by atoms with Crippen molar-refractivity contribution < 1.29 is 24.8 Å². The molecule has 1 rings (SSSR count). The van der Waals surface area contributed by atoms with Crippen molar-refractivity contribution in [1.29, 1.82) is 0 Å². The lowest BCUT2D eigenvalue weighted by Crippen LogP contribution is -2.34. The lowest BCUT2D eigenvalue weighted by atomic mass is 10.1. The topological polar surface area (TPSA) is 79.2 Å². The summed E-state index contributed by atoms with van der Waals surface area (Å²) in [5.74, 6) is 0. The lowest BCUT2D eigenvalue weighted by molar-refractivity contribution is -0.153. The molecular weight excluding hydrogens is 152 g/mol. The van der Waals surface area contributed by atoms with Crippen LogP contribution in [-0.2, 0) is 9.47 Å². The average molecular weight is 164 g/mol. The van der Waals surface area contributed by atoms with Gasteiger partial charge in [0.05, 0.1) is 6.61 Å². The zero-order valence-corrected chi connectivity index (χ0v) is 6.17. The maximum Gasteiger partial charge on any atom is 0.186 e. The first kappa shape index (κ1) is 8.89. The molecule has 1 saturated heterocycles. The van der Waals surface area contributed by atoms with Crippen LogP contribution in [0.2, 0.25) is 0 Å². The number of aliphatic hydroxyl groups is 3. The van der Waals surface area contributed by atoms with Gasteiger partial charge in [0.25, 0.3) is 0 Å². The van der Waals surface area contributed by atoms with E-state index in [0.29, 0.717) is 0 Å². The van der Waals surface area contributed by atoms with E-state index in [4.69, 9.17) is 20.1 Å². The first-order valence-electron chi connectivity index (χ1n) is 3.36. The van der Waals surface area contributed by atoms with E-state index >= 15 is 0 Å². The van der Waals surface area contributed by atoms with Crippen LogP contribution < -0.4 is 0 Å². The Balaban J connectivity index is 2.53. The molecule has 5 heteroatoms. The summed E-state index contributed by atoms with van der Waals surface area (Å²) in [5.41, 5.74) is 0. The monoisotopic (exact) mass is 164 g/mol. The minimum absolute atomic E-state index is 0.321. The number of aliphatic hydroxyl groups excluding tert-OH is 3. The quantitative estimate of drug-likeness (QED) is 0.443. The number of rotatable bonds is 2. The Hall–Kier alpha value is -0.200. The highest BCUT2D eigenvalue weighted by molar-refractivity contribution is 4.85. The van der Waals surface area contributed by atoms with Gasteiger partial charge in [0.1, 0.15) is 18.3 Å². The van der Waals surface area contributed by atoms with E-state index in [0.717, 1.165) is 0 Å². The summed E-state index contributed by atoms with van der Waals surface area (Å²) < 4.78 is 9.59. The van der Waals surface area contributed by atoms with Gasteiger partial charge in [0, 0.05) is 7.11 Å². The van der Waals surface area contributed by atoms with Gasteiger partial charge < -0.3 is 24.8 Å². The predicted octanol–water partition coefficient (Wildman–Crippen LogP) is -1.93.